The number of aromatic nitrogens is 1. The molecule has 3 heterocycles. The summed E-state index contributed by atoms with van der Waals surface area (Å²) in [5, 5.41) is 3.97. The van der Waals surface area contributed by atoms with Gasteiger partial charge in [0.2, 0.25) is 0 Å². The Kier molecular flexibility index (Phi) is 5.75. The molecule has 29 heavy (non-hydrogen) atoms. The van der Waals surface area contributed by atoms with E-state index in [1.807, 2.05) is 18.3 Å². The van der Waals surface area contributed by atoms with Crippen molar-refractivity contribution in [3.05, 3.63) is 42.0 Å². The Labute approximate surface area is 169 Å². The standard InChI is InChI=1S/C21H29F3N4O/c22-21(23,24)18-15-28(13-12-26-18)27-11-8-19(17-5-1-4-10-25-17)9-14-29-20(16-19)6-2-3-7-20/h1,4-5,10,15,26-27H,2-3,6-9,11-14,16H2/t19-/m1/s1. The number of nitrogens with one attached hydrogen (secondary N) is 2. The highest BCUT2D eigenvalue weighted by molar-refractivity contribution is 5.20. The molecule has 1 saturated carbocycles. The zero-order chi connectivity index (χ0) is 20.4. The Morgan fingerprint density at radius 2 is 2.03 bits per heavy atom. The molecule has 0 aromatic carbocycles. The quantitative estimate of drug-likeness (QED) is 0.776. The lowest BCUT2D eigenvalue weighted by Gasteiger charge is -2.46. The molecule has 0 radical (unpaired) electrons. The summed E-state index contributed by atoms with van der Waals surface area (Å²) >= 11 is 0. The zero-order valence-electron chi connectivity index (χ0n) is 16.6. The average molecular weight is 410 g/mol. The highest BCUT2D eigenvalue weighted by Gasteiger charge is 2.48. The molecule has 1 aliphatic carbocycles. The number of halogens is 3. The minimum Gasteiger partial charge on any atom is -0.378 e. The Balaban J connectivity index is 1.47. The Hall–Kier alpha value is -1.80. The van der Waals surface area contributed by atoms with Gasteiger partial charge in [-0.15, -0.1) is 0 Å². The molecule has 1 aromatic heterocycles. The van der Waals surface area contributed by atoms with Crippen LogP contribution in [-0.4, -0.2) is 48.0 Å². The fraction of sp³-hybridized carbons (Fsp3) is 0.667. The predicted octanol–water partition coefficient (Wildman–Crippen LogP) is 3.65. The van der Waals surface area contributed by atoms with Crippen molar-refractivity contribution in [2.75, 3.05) is 26.2 Å². The van der Waals surface area contributed by atoms with Gasteiger partial charge in [0, 0.05) is 43.2 Å². The number of pyridine rings is 1. The molecule has 2 fully saturated rings. The molecule has 1 aromatic rings. The molecule has 3 aliphatic rings. The van der Waals surface area contributed by atoms with Crippen LogP contribution in [-0.2, 0) is 10.2 Å². The van der Waals surface area contributed by atoms with Crippen LogP contribution < -0.4 is 10.7 Å². The fourth-order valence-corrected chi connectivity index (χ4v) is 5.11. The maximum absolute atomic E-state index is 13.0. The molecule has 5 nitrogen and oxygen atoms in total. The second-order valence-electron chi connectivity index (χ2n) is 8.48. The molecular formula is C21H29F3N4O. The van der Waals surface area contributed by atoms with E-state index in [0.29, 0.717) is 19.7 Å². The number of allylic oxidation sites excluding steroid dienone is 1. The number of nitrogens with zero attached hydrogens (tertiary/aromatic N) is 2. The largest absolute Gasteiger partial charge is 0.432 e. The van der Waals surface area contributed by atoms with Gasteiger partial charge in [-0.1, -0.05) is 18.9 Å². The third-order valence-electron chi connectivity index (χ3n) is 6.55. The van der Waals surface area contributed by atoms with Crippen molar-refractivity contribution >= 4 is 0 Å². The smallest absolute Gasteiger partial charge is 0.378 e. The van der Waals surface area contributed by atoms with Gasteiger partial charge in [0.25, 0.3) is 0 Å². The van der Waals surface area contributed by atoms with Gasteiger partial charge in [0.1, 0.15) is 5.70 Å². The maximum Gasteiger partial charge on any atom is 0.432 e. The van der Waals surface area contributed by atoms with Crippen molar-refractivity contribution in [3.63, 3.8) is 0 Å². The molecule has 1 atom stereocenters. The SMILES string of the molecule is FC(F)(F)C1=CN(NCC[C@@]2(c3ccccn3)CCOC3(CCCC3)C2)CCN1. The first-order valence-corrected chi connectivity index (χ1v) is 10.5. The van der Waals surface area contributed by atoms with Crippen LogP contribution in [0.1, 0.15) is 50.6 Å². The highest BCUT2D eigenvalue weighted by Crippen LogP contribution is 2.49. The van der Waals surface area contributed by atoms with E-state index >= 15 is 0 Å². The molecule has 0 bridgehead atoms. The zero-order valence-corrected chi connectivity index (χ0v) is 16.6. The normalized spacial score (nSPS) is 27.0. The molecule has 8 heteroatoms. The molecule has 0 amide bonds. The predicted molar refractivity (Wildman–Crippen MR) is 104 cm³/mol. The minimum absolute atomic E-state index is 0.0613. The van der Waals surface area contributed by atoms with Gasteiger partial charge in [-0.3, -0.25) is 4.98 Å². The van der Waals surface area contributed by atoms with E-state index in [1.54, 1.807) is 5.01 Å². The van der Waals surface area contributed by atoms with Crippen molar-refractivity contribution in [2.45, 2.75) is 62.1 Å². The van der Waals surface area contributed by atoms with Gasteiger partial charge in [0.15, 0.2) is 0 Å². The second-order valence-corrected chi connectivity index (χ2v) is 8.48. The molecule has 160 valence electrons. The van der Waals surface area contributed by atoms with Crippen molar-refractivity contribution in [1.82, 2.24) is 20.7 Å². The summed E-state index contributed by atoms with van der Waals surface area (Å²) in [6, 6.07) is 6.02. The van der Waals surface area contributed by atoms with Crippen LogP contribution in [0.25, 0.3) is 0 Å². The summed E-state index contributed by atoms with van der Waals surface area (Å²) in [5.74, 6) is 0. The number of hydrazine groups is 1. The molecule has 2 aliphatic heterocycles. The Morgan fingerprint density at radius 1 is 1.21 bits per heavy atom. The molecule has 1 spiro atoms. The molecule has 1 saturated heterocycles. The van der Waals surface area contributed by atoms with Crippen LogP contribution in [0.15, 0.2) is 36.3 Å². The lowest BCUT2D eigenvalue weighted by atomic mass is 9.68. The number of hydrogen-bond acceptors (Lipinski definition) is 5. The van der Waals surface area contributed by atoms with Gasteiger partial charge < -0.3 is 15.1 Å². The molecule has 0 unspecified atom stereocenters. The van der Waals surface area contributed by atoms with Gasteiger partial charge in [-0.25, -0.2) is 5.43 Å². The van der Waals surface area contributed by atoms with Crippen LogP contribution in [0.5, 0.6) is 0 Å². The van der Waals surface area contributed by atoms with Crippen molar-refractivity contribution in [1.29, 1.82) is 0 Å². The van der Waals surface area contributed by atoms with E-state index in [2.05, 4.69) is 21.8 Å². The van der Waals surface area contributed by atoms with E-state index in [1.165, 1.54) is 12.8 Å². The summed E-state index contributed by atoms with van der Waals surface area (Å²) < 4.78 is 45.2. The Morgan fingerprint density at radius 3 is 2.76 bits per heavy atom. The van der Waals surface area contributed by atoms with Crippen LogP contribution >= 0.6 is 0 Å². The van der Waals surface area contributed by atoms with E-state index in [-0.39, 0.29) is 17.6 Å². The van der Waals surface area contributed by atoms with E-state index < -0.39 is 11.9 Å². The molecular weight excluding hydrogens is 381 g/mol. The van der Waals surface area contributed by atoms with Crippen LogP contribution in [0.2, 0.25) is 0 Å². The maximum atomic E-state index is 13.0. The van der Waals surface area contributed by atoms with Gasteiger partial charge in [-0.2, -0.15) is 13.2 Å². The lowest BCUT2D eigenvalue weighted by Crippen LogP contribution is -2.49. The number of alkyl halides is 3. The molecule has 4 rings (SSSR count). The van der Waals surface area contributed by atoms with E-state index in [4.69, 9.17) is 4.74 Å². The summed E-state index contributed by atoms with van der Waals surface area (Å²) in [4.78, 5) is 4.67. The van der Waals surface area contributed by atoms with Crippen LogP contribution in [0.3, 0.4) is 0 Å². The number of hydrogen-bond donors (Lipinski definition) is 2. The summed E-state index contributed by atoms with van der Waals surface area (Å²) in [6.07, 6.45) is 5.80. The highest BCUT2D eigenvalue weighted by atomic mass is 19.4. The van der Waals surface area contributed by atoms with E-state index in [9.17, 15) is 13.2 Å². The topological polar surface area (TPSA) is 49.4 Å². The monoisotopic (exact) mass is 410 g/mol. The van der Waals surface area contributed by atoms with Crippen LogP contribution in [0, 0.1) is 0 Å². The lowest BCUT2D eigenvalue weighted by molar-refractivity contribution is -0.105. The average Bonchev–Trinajstić information content (AvgIpc) is 3.15. The first kappa shape index (κ1) is 20.5. The van der Waals surface area contributed by atoms with Crippen LogP contribution in [0.4, 0.5) is 13.2 Å². The van der Waals surface area contributed by atoms with Crippen molar-refractivity contribution < 1.29 is 17.9 Å². The van der Waals surface area contributed by atoms with Gasteiger partial charge in [-0.05, 0) is 44.2 Å². The molecule has 2 N–H and O–H groups in total. The fourth-order valence-electron chi connectivity index (χ4n) is 5.11. The summed E-state index contributed by atoms with van der Waals surface area (Å²) in [5.41, 5.74) is 3.39. The van der Waals surface area contributed by atoms with E-state index in [0.717, 1.165) is 44.0 Å². The second kappa shape index (κ2) is 8.14. The Bertz CT molecular complexity index is 718. The van der Waals surface area contributed by atoms with Crippen molar-refractivity contribution in [2.24, 2.45) is 0 Å². The number of ether oxygens (including phenoxy) is 1. The summed E-state index contributed by atoms with van der Waals surface area (Å²) in [6.45, 7) is 2.06. The first-order valence-electron chi connectivity index (χ1n) is 10.5. The van der Waals surface area contributed by atoms with Gasteiger partial charge in [0.05, 0.1) is 12.1 Å². The van der Waals surface area contributed by atoms with Crippen molar-refractivity contribution in [3.8, 4) is 0 Å². The number of rotatable bonds is 5. The third kappa shape index (κ3) is 4.53. The van der Waals surface area contributed by atoms with Gasteiger partial charge >= 0.3 is 6.18 Å². The summed E-state index contributed by atoms with van der Waals surface area (Å²) in [7, 11) is 0. The first-order chi connectivity index (χ1) is 13.9. The third-order valence-corrected chi connectivity index (χ3v) is 6.55. The minimum atomic E-state index is -4.36.